The molecule has 1 aliphatic heterocycles. The fourth-order valence-corrected chi connectivity index (χ4v) is 2.17. The second-order valence-electron chi connectivity index (χ2n) is 4.73. The van der Waals surface area contributed by atoms with Gasteiger partial charge in [-0.05, 0) is 14.0 Å². The average Bonchev–Trinajstić information content (AvgIpc) is 2.77. The number of hydrogen-bond donors (Lipinski definition) is 2. The van der Waals surface area contributed by atoms with Gasteiger partial charge < -0.3 is 20.7 Å². The molecule has 1 unspecified atom stereocenters. The third-order valence-corrected chi connectivity index (χ3v) is 3.21. The molecule has 2 rings (SSSR count). The van der Waals surface area contributed by atoms with E-state index in [0.29, 0.717) is 31.1 Å². The van der Waals surface area contributed by atoms with Crippen LogP contribution < -0.4 is 11.1 Å². The molecule has 1 aromatic heterocycles. The summed E-state index contributed by atoms with van der Waals surface area (Å²) < 4.78 is 7.19. The van der Waals surface area contributed by atoms with Gasteiger partial charge in [0.25, 0.3) is 5.91 Å². The lowest BCUT2D eigenvalue weighted by atomic mass is 10.2. The SMILES string of the molecule is CCn1ncc(N)c1C(=O)NCC1CN(C)CCO1. The van der Waals surface area contributed by atoms with Crippen molar-refractivity contribution in [3.05, 3.63) is 11.9 Å². The Bertz CT molecular complexity index is 445. The van der Waals surface area contributed by atoms with Gasteiger partial charge in [-0.1, -0.05) is 0 Å². The number of likely N-dealkylation sites (N-methyl/N-ethyl adjacent to an activating group) is 1. The molecular formula is C12H21N5O2. The summed E-state index contributed by atoms with van der Waals surface area (Å²) in [6.45, 7) is 5.47. The molecule has 0 radical (unpaired) electrons. The molecule has 0 aromatic carbocycles. The Labute approximate surface area is 112 Å². The highest BCUT2D eigenvalue weighted by atomic mass is 16.5. The third kappa shape index (κ3) is 3.24. The van der Waals surface area contributed by atoms with Crippen LogP contribution >= 0.6 is 0 Å². The molecule has 0 aliphatic carbocycles. The number of carbonyl (C=O) groups is 1. The Morgan fingerprint density at radius 1 is 1.68 bits per heavy atom. The number of hydrogen-bond acceptors (Lipinski definition) is 5. The zero-order valence-electron chi connectivity index (χ0n) is 11.4. The van der Waals surface area contributed by atoms with Gasteiger partial charge in [-0.25, -0.2) is 0 Å². The van der Waals surface area contributed by atoms with Crippen molar-refractivity contribution in [1.29, 1.82) is 0 Å². The summed E-state index contributed by atoms with van der Waals surface area (Å²) in [6, 6.07) is 0. The normalized spacial score (nSPS) is 20.4. The van der Waals surface area contributed by atoms with Crippen LogP contribution in [0.1, 0.15) is 17.4 Å². The number of nitrogens with two attached hydrogens (primary N) is 1. The molecule has 19 heavy (non-hydrogen) atoms. The first-order chi connectivity index (χ1) is 9.11. The Hall–Kier alpha value is -1.60. The minimum atomic E-state index is -0.200. The van der Waals surface area contributed by atoms with E-state index in [1.807, 2.05) is 14.0 Å². The lowest BCUT2D eigenvalue weighted by Crippen LogP contribution is -2.46. The molecule has 1 atom stereocenters. The number of nitrogens with one attached hydrogen (secondary N) is 1. The lowest BCUT2D eigenvalue weighted by Gasteiger charge is -2.30. The zero-order valence-corrected chi connectivity index (χ0v) is 11.4. The first kappa shape index (κ1) is 13.8. The molecule has 1 amide bonds. The third-order valence-electron chi connectivity index (χ3n) is 3.21. The number of morpholine rings is 1. The number of aryl methyl sites for hydroxylation is 1. The summed E-state index contributed by atoms with van der Waals surface area (Å²) in [6.07, 6.45) is 1.53. The minimum Gasteiger partial charge on any atom is -0.396 e. The standard InChI is InChI=1S/C12H21N5O2/c1-3-17-11(10(13)7-15-17)12(18)14-6-9-8-16(2)4-5-19-9/h7,9H,3-6,8,13H2,1-2H3,(H,14,18). The molecule has 1 saturated heterocycles. The first-order valence-corrected chi connectivity index (χ1v) is 6.51. The highest BCUT2D eigenvalue weighted by Crippen LogP contribution is 2.10. The summed E-state index contributed by atoms with van der Waals surface area (Å²) in [7, 11) is 2.04. The molecular weight excluding hydrogens is 246 g/mol. The van der Waals surface area contributed by atoms with Crippen LogP contribution in [-0.2, 0) is 11.3 Å². The van der Waals surface area contributed by atoms with Crippen molar-refractivity contribution in [2.24, 2.45) is 0 Å². The largest absolute Gasteiger partial charge is 0.396 e. The summed E-state index contributed by atoms with van der Waals surface area (Å²) >= 11 is 0. The van der Waals surface area contributed by atoms with Gasteiger partial charge in [0.15, 0.2) is 0 Å². The summed E-state index contributed by atoms with van der Waals surface area (Å²) in [5.41, 5.74) is 6.59. The molecule has 1 fully saturated rings. The van der Waals surface area contributed by atoms with E-state index >= 15 is 0 Å². The van der Waals surface area contributed by atoms with E-state index in [1.165, 1.54) is 6.20 Å². The van der Waals surface area contributed by atoms with Gasteiger partial charge >= 0.3 is 0 Å². The molecule has 1 aromatic rings. The lowest BCUT2D eigenvalue weighted by molar-refractivity contribution is -0.0175. The van der Waals surface area contributed by atoms with Gasteiger partial charge in [-0.3, -0.25) is 9.48 Å². The van der Waals surface area contributed by atoms with Crippen molar-refractivity contribution in [1.82, 2.24) is 20.0 Å². The van der Waals surface area contributed by atoms with Gasteiger partial charge in [0.1, 0.15) is 5.69 Å². The molecule has 0 saturated carbocycles. The van der Waals surface area contributed by atoms with Crippen LogP contribution in [0.4, 0.5) is 5.69 Å². The van der Waals surface area contributed by atoms with Crippen LogP contribution in [0.5, 0.6) is 0 Å². The number of anilines is 1. The fourth-order valence-electron chi connectivity index (χ4n) is 2.17. The number of ether oxygens (including phenoxy) is 1. The van der Waals surface area contributed by atoms with Gasteiger partial charge in [-0.15, -0.1) is 0 Å². The summed E-state index contributed by atoms with van der Waals surface area (Å²) in [5, 5.41) is 6.91. The second-order valence-corrected chi connectivity index (χ2v) is 4.73. The number of nitrogen functional groups attached to an aromatic ring is 1. The number of rotatable bonds is 4. The monoisotopic (exact) mass is 267 g/mol. The van der Waals surface area contributed by atoms with Gasteiger partial charge in [0.2, 0.25) is 0 Å². The van der Waals surface area contributed by atoms with Crippen LogP contribution in [0.2, 0.25) is 0 Å². The first-order valence-electron chi connectivity index (χ1n) is 6.51. The summed E-state index contributed by atoms with van der Waals surface area (Å²) in [4.78, 5) is 14.3. The molecule has 3 N–H and O–H groups in total. The van der Waals surface area contributed by atoms with Crippen molar-refractivity contribution in [3.63, 3.8) is 0 Å². The maximum atomic E-state index is 12.1. The van der Waals surface area contributed by atoms with E-state index in [0.717, 1.165) is 13.1 Å². The van der Waals surface area contributed by atoms with Crippen molar-refractivity contribution in [2.75, 3.05) is 39.0 Å². The molecule has 0 spiro atoms. The predicted molar refractivity (Wildman–Crippen MR) is 71.9 cm³/mol. The van der Waals surface area contributed by atoms with Crippen molar-refractivity contribution in [2.45, 2.75) is 19.6 Å². The summed E-state index contributed by atoms with van der Waals surface area (Å²) in [5.74, 6) is -0.200. The van der Waals surface area contributed by atoms with Crippen molar-refractivity contribution >= 4 is 11.6 Å². The van der Waals surface area contributed by atoms with Gasteiger partial charge in [-0.2, -0.15) is 5.10 Å². The molecule has 7 nitrogen and oxygen atoms in total. The van der Waals surface area contributed by atoms with Crippen LogP contribution in [0.25, 0.3) is 0 Å². The second kappa shape index (κ2) is 6.03. The van der Waals surface area contributed by atoms with E-state index in [9.17, 15) is 4.79 Å². The van der Waals surface area contributed by atoms with E-state index in [2.05, 4.69) is 15.3 Å². The Morgan fingerprint density at radius 3 is 3.16 bits per heavy atom. The molecule has 106 valence electrons. The van der Waals surface area contributed by atoms with Crippen LogP contribution in [0, 0.1) is 0 Å². The van der Waals surface area contributed by atoms with E-state index in [4.69, 9.17) is 10.5 Å². The highest BCUT2D eigenvalue weighted by Gasteiger charge is 2.21. The van der Waals surface area contributed by atoms with E-state index < -0.39 is 0 Å². The molecule has 0 bridgehead atoms. The molecule has 2 heterocycles. The number of carbonyl (C=O) groups excluding carboxylic acids is 1. The maximum Gasteiger partial charge on any atom is 0.271 e. The number of amides is 1. The van der Waals surface area contributed by atoms with Gasteiger partial charge in [0, 0.05) is 26.2 Å². The Balaban J connectivity index is 1.92. The fraction of sp³-hybridized carbons (Fsp3) is 0.667. The smallest absolute Gasteiger partial charge is 0.271 e. The Kier molecular flexibility index (Phi) is 4.39. The highest BCUT2D eigenvalue weighted by molar-refractivity contribution is 5.97. The van der Waals surface area contributed by atoms with Crippen LogP contribution in [0.15, 0.2) is 6.20 Å². The molecule has 7 heteroatoms. The predicted octanol–water partition coefficient (Wildman–Crippen LogP) is -0.454. The van der Waals surface area contributed by atoms with Crippen LogP contribution in [-0.4, -0.2) is 60.0 Å². The Morgan fingerprint density at radius 2 is 2.47 bits per heavy atom. The van der Waals surface area contributed by atoms with E-state index in [-0.39, 0.29) is 12.0 Å². The quantitative estimate of drug-likeness (QED) is 0.771. The van der Waals surface area contributed by atoms with Crippen molar-refractivity contribution < 1.29 is 9.53 Å². The topological polar surface area (TPSA) is 85.4 Å². The van der Waals surface area contributed by atoms with E-state index in [1.54, 1.807) is 4.68 Å². The number of nitrogens with zero attached hydrogens (tertiary/aromatic N) is 3. The zero-order chi connectivity index (χ0) is 13.8. The average molecular weight is 267 g/mol. The van der Waals surface area contributed by atoms with Crippen molar-refractivity contribution in [3.8, 4) is 0 Å². The van der Waals surface area contributed by atoms with Gasteiger partial charge in [0.05, 0.1) is 24.6 Å². The maximum absolute atomic E-state index is 12.1. The number of aromatic nitrogens is 2. The minimum absolute atomic E-state index is 0.0296. The molecule has 1 aliphatic rings. The van der Waals surface area contributed by atoms with Crippen LogP contribution in [0.3, 0.4) is 0 Å².